The van der Waals surface area contributed by atoms with E-state index in [1.54, 1.807) is 12.1 Å². The van der Waals surface area contributed by atoms with E-state index in [2.05, 4.69) is 54.3 Å². The molecular formula is C19H32O2Si. The van der Waals surface area contributed by atoms with E-state index in [0.29, 0.717) is 5.75 Å². The number of benzene rings is 1. The van der Waals surface area contributed by atoms with Crippen LogP contribution in [0.5, 0.6) is 5.75 Å². The van der Waals surface area contributed by atoms with Gasteiger partial charge in [-0.05, 0) is 62.5 Å². The zero-order chi connectivity index (χ0) is 17.2. The average Bonchev–Trinajstić information content (AvgIpc) is 2.36. The van der Waals surface area contributed by atoms with Crippen LogP contribution in [-0.4, -0.2) is 19.0 Å². The molecule has 22 heavy (non-hydrogen) atoms. The second-order valence-electron chi connectivity index (χ2n) is 8.04. The van der Waals surface area contributed by atoms with E-state index in [-0.39, 0.29) is 10.6 Å². The molecule has 0 amide bonds. The van der Waals surface area contributed by atoms with Gasteiger partial charge in [0.05, 0.1) is 5.60 Å². The van der Waals surface area contributed by atoms with E-state index < -0.39 is 8.32 Å². The normalized spacial score (nSPS) is 15.4. The number of rotatable bonds is 6. The SMILES string of the molecule is C=C(C)[C@](C)(CCc1ccc(O)cc1)O[Si](C)(C)C(C)(C)C. The molecule has 0 unspecified atom stereocenters. The highest BCUT2D eigenvalue weighted by Crippen LogP contribution is 2.41. The molecule has 1 aromatic rings. The maximum atomic E-state index is 9.38. The van der Waals surface area contributed by atoms with Gasteiger partial charge in [-0.25, -0.2) is 0 Å². The van der Waals surface area contributed by atoms with Crippen LogP contribution in [0.4, 0.5) is 0 Å². The third-order valence-electron chi connectivity index (χ3n) is 5.02. The lowest BCUT2D eigenvalue weighted by atomic mass is 9.91. The predicted octanol–water partition coefficient (Wildman–Crippen LogP) is 5.68. The van der Waals surface area contributed by atoms with Crippen LogP contribution in [0.25, 0.3) is 0 Å². The maximum Gasteiger partial charge on any atom is 0.193 e. The van der Waals surface area contributed by atoms with E-state index in [1.807, 2.05) is 12.1 Å². The topological polar surface area (TPSA) is 29.5 Å². The molecule has 0 spiro atoms. The van der Waals surface area contributed by atoms with Gasteiger partial charge in [-0.1, -0.05) is 45.1 Å². The minimum atomic E-state index is -1.85. The maximum absolute atomic E-state index is 9.38. The van der Waals surface area contributed by atoms with Gasteiger partial charge < -0.3 is 9.53 Å². The fourth-order valence-corrected chi connectivity index (χ4v) is 3.82. The summed E-state index contributed by atoms with van der Waals surface area (Å²) in [5.74, 6) is 0.309. The quantitative estimate of drug-likeness (QED) is 0.539. The Labute approximate surface area is 137 Å². The lowest BCUT2D eigenvalue weighted by molar-refractivity contribution is 0.100. The number of hydrogen-bond donors (Lipinski definition) is 1. The van der Waals surface area contributed by atoms with Gasteiger partial charge in [0.25, 0.3) is 0 Å². The van der Waals surface area contributed by atoms with Gasteiger partial charge in [0.15, 0.2) is 8.32 Å². The van der Waals surface area contributed by atoms with Crippen molar-refractivity contribution in [1.29, 1.82) is 0 Å². The molecule has 3 heteroatoms. The summed E-state index contributed by atoms with van der Waals surface area (Å²) >= 11 is 0. The fraction of sp³-hybridized carbons (Fsp3) is 0.579. The Morgan fingerprint density at radius 3 is 2.05 bits per heavy atom. The monoisotopic (exact) mass is 320 g/mol. The number of aryl methyl sites for hydroxylation is 1. The van der Waals surface area contributed by atoms with Gasteiger partial charge in [-0.15, -0.1) is 0 Å². The molecule has 0 fully saturated rings. The summed E-state index contributed by atoms with van der Waals surface area (Å²) in [6.07, 6.45) is 1.82. The van der Waals surface area contributed by atoms with E-state index in [0.717, 1.165) is 18.4 Å². The third-order valence-corrected chi connectivity index (χ3v) is 9.59. The summed E-state index contributed by atoms with van der Waals surface area (Å²) in [4.78, 5) is 0. The van der Waals surface area contributed by atoms with Crippen molar-refractivity contribution in [2.45, 2.75) is 71.2 Å². The standard InChI is InChI=1S/C19H32O2Si/c1-15(2)19(6,21-22(7,8)18(3,4)5)14-13-16-9-11-17(20)12-10-16/h9-12,20H,1,13-14H2,2-8H3/t19-/m0/s1. The highest BCUT2D eigenvalue weighted by atomic mass is 28.4. The lowest BCUT2D eigenvalue weighted by Crippen LogP contribution is -2.49. The first-order chi connectivity index (χ1) is 9.87. The molecule has 0 saturated carbocycles. The Morgan fingerprint density at radius 2 is 1.64 bits per heavy atom. The molecule has 124 valence electrons. The van der Waals surface area contributed by atoms with Crippen molar-refractivity contribution in [2.75, 3.05) is 0 Å². The fourth-order valence-electron chi connectivity index (χ4n) is 2.11. The number of phenolic OH excluding ortho intramolecular Hbond substituents is 1. The third kappa shape index (κ3) is 4.72. The van der Waals surface area contributed by atoms with Crippen LogP contribution in [0.1, 0.15) is 46.6 Å². The van der Waals surface area contributed by atoms with Crippen molar-refractivity contribution < 1.29 is 9.53 Å². The molecule has 1 N–H and O–H groups in total. The number of hydrogen-bond acceptors (Lipinski definition) is 2. The summed E-state index contributed by atoms with van der Waals surface area (Å²) in [5, 5.41) is 9.56. The molecule has 0 aliphatic heterocycles. The van der Waals surface area contributed by atoms with Crippen molar-refractivity contribution in [2.24, 2.45) is 0 Å². The second-order valence-corrected chi connectivity index (χ2v) is 12.8. The Hall–Kier alpha value is -1.06. The van der Waals surface area contributed by atoms with Crippen LogP contribution in [-0.2, 0) is 10.8 Å². The zero-order valence-electron chi connectivity index (χ0n) is 15.3. The van der Waals surface area contributed by atoms with E-state index >= 15 is 0 Å². The molecule has 0 saturated heterocycles. The second kappa shape index (κ2) is 6.59. The summed E-state index contributed by atoms with van der Waals surface area (Å²) < 4.78 is 6.69. The van der Waals surface area contributed by atoms with Gasteiger partial charge in [0, 0.05) is 0 Å². The highest BCUT2D eigenvalue weighted by Gasteiger charge is 2.43. The van der Waals surface area contributed by atoms with Crippen LogP contribution in [0.2, 0.25) is 18.1 Å². The smallest absolute Gasteiger partial charge is 0.193 e. The summed E-state index contributed by atoms with van der Waals surface area (Å²) in [6.45, 7) is 19.8. The van der Waals surface area contributed by atoms with E-state index in [1.165, 1.54) is 5.56 Å². The van der Waals surface area contributed by atoms with E-state index in [9.17, 15) is 5.11 Å². The van der Waals surface area contributed by atoms with Gasteiger partial charge >= 0.3 is 0 Å². The molecule has 0 aromatic heterocycles. The first-order valence-electron chi connectivity index (χ1n) is 8.01. The molecule has 0 aliphatic carbocycles. The Morgan fingerprint density at radius 1 is 1.14 bits per heavy atom. The van der Waals surface area contributed by atoms with Crippen molar-refractivity contribution in [3.63, 3.8) is 0 Å². The summed E-state index contributed by atoms with van der Waals surface area (Å²) in [5.41, 5.74) is 1.99. The molecule has 0 radical (unpaired) electrons. The minimum absolute atomic E-state index is 0.183. The van der Waals surface area contributed by atoms with Gasteiger partial charge in [0.2, 0.25) is 0 Å². The lowest BCUT2D eigenvalue weighted by Gasteiger charge is -2.45. The molecule has 2 nitrogen and oxygen atoms in total. The van der Waals surface area contributed by atoms with Crippen molar-refractivity contribution >= 4 is 8.32 Å². The molecule has 0 aliphatic rings. The van der Waals surface area contributed by atoms with Crippen LogP contribution in [0, 0.1) is 0 Å². The minimum Gasteiger partial charge on any atom is -0.508 e. The summed E-state index contributed by atoms with van der Waals surface area (Å²) in [7, 11) is -1.85. The molecule has 0 heterocycles. The molecular weight excluding hydrogens is 288 g/mol. The van der Waals surface area contributed by atoms with Gasteiger partial charge in [-0.3, -0.25) is 0 Å². The summed E-state index contributed by atoms with van der Waals surface area (Å²) in [6, 6.07) is 7.42. The highest BCUT2D eigenvalue weighted by molar-refractivity contribution is 6.74. The largest absolute Gasteiger partial charge is 0.508 e. The molecule has 1 atom stereocenters. The molecule has 1 aromatic carbocycles. The van der Waals surface area contributed by atoms with Crippen molar-refractivity contribution in [1.82, 2.24) is 0 Å². The molecule has 0 bridgehead atoms. The van der Waals surface area contributed by atoms with Crippen molar-refractivity contribution in [3.05, 3.63) is 42.0 Å². The predicted molar refractivity (Wildman–Crippen MR) is 97.9 cm³/mol. The number of phenols is 1. The van der Waals surface area contributed by atoms with Crippen LogP contribution < -0.4 is 0 Å². The Bertz CT molecular complexity index is 511. The van der Waals surface area contributed by atoms with Crippen LogP contribution >= 0.6 is 0 Å². The average molecular weight is 321 g/mol. The van der Waals surface area contributed by atoms with Crippen LogP contribution in [0.3, 0.4) is 0 Å². The number of aromatic hydroxyl groups is 1. The first kappa shape index (κ1) is 19.0. The molecule has 1 rings (SSSR count). The first-order valence-corrected chi connectivity index (χ1v) is 10.9. The van der Waals surface area contributed by atoms with Crippen molar-refractivity contribution in [3.8, 4) is 5.75 Å². The zero-order valence-corrected chi connectivity index (χ0v) is 16.3. The van der Waals surface area contributed by atoms with E-state index in [4.69, 9.17) is 4.43 Å². The Kier molecular flexibility index (Phi) is 5.69. The van der Waals surface area contributed by atoms with Gasteiger partial charge in [-0.2, -0.15) is 0 Å². The Balaban J connectivity index is 2.88. The van der Waals surface area contributed by atoms with Crippen LogP contribution in [0.15, 0.2) is 36.4 Å². The van der Waals surface area contributed by atoms with Gasteiger partial charge in [0.1, 0.15) is 5.75 Å².